The zero-order valence-corrected chi connectivity index (χ0v) is 11.5. The first-order valence-corrected chi connectivity index (χ1v) is 7.20. The average molecular weight is 264 g/mol. The van der Waals surface area contributed by atoms with Gasteiger partial charge >= 0.3 is 0 Å². The van der Waals surface area contributed by atoms with Crippen molar-refractivity contribution in [3.05, 3.63) is 23.7 Å². The first kappa shape index (κ1) is 12.0. The van der Waals surface area contributed by atoms with E-state index in [0.717, 1.165) is 35.1 Å². The summed E-state index contributed by atoms with van der Waals surface area (Å²) in [5, 5.41) is 0. The molecule has 1 fully saturated rings. The van der Waals surface area contributed by atoms with Crippen LogP contribution >= 0.6 is 11.6 Å². The summed E-state index contributed by atoms with van der Waals surface area (Å²) in [6.07, 6.45) is 5.38. The Hall–Kier alpha value is -1.09. The summed E-state index contributed by atoms with van der Waals surface area (Å²) >= 11 is 6.02. The molecule has 1 aliphatic rings. The highest BCUT2D eigenvalue weighted by molar-refractivity contribution is 6.16. The minimum atomic E-state index is 0.460. The Kier molecular flexibility index (Phi) is 3.25. The number of halogens is 1. The third-order valence-electron chi connectivity index (χ3n) is 3.85. The normalized spacial score (nSPS) is 16.8. The van der Waals surface area contributed by atoms with Gasteiger partial charge in [-0.25, -0.2) is 9.97 Å². The fourth-order valence-corrected chi connectivity index (χ4v) is 3.09. The summed E-state index contributed by atoms with van der Waals surface area (Å²) in [6, 6.07) is 4.05. The van der Waals surface area contributed by atoms with Crippen LogP contribution in [0.25, 0.3) is 11.2 Å². The topological polar surface area (TPSA) is 30.7 Å². The van der Waals surface area contributed by atoms with Crippen LogP contribution in [0.4, 0.5) is 0 Å². The number of pyridine rings is 1. The molecule has 0 aliphatic heterocycles. The van der Waals surface area contributed by atoms with E-state index in [2.05, 4.69) is 14.5 Å². The Labute approximate surface area is 112 Å². The van der Waals surface area contributed by atoms with Crippen LogP contribution in [0, 0.1) is 12.8 Å². The molecule has 0 amide bonds. The molecule has 2 aromatic rings. The lowest BCUT2D eigenvalue weighted by Crippen LogP contribution is -2.10. The second kappa shape index (κ2) is 4.88. The van der Waals surface area contributed by atoms with Crippen molar-refractivity contribution in [3.8, 4) is 0 Å². The van der Waals surface area contributed by atoms with Gasteiger partial charge in [0.1, 0.15) is 11.3 Å². The van der Waals surface area contributed by atoms with Gasteiger partial charge in [-0.1, -0.05) is 12.8 Å². The highest BCUT2D eigenvalue weighted by Gasteiger charge is 2.19. The van der Waals surface area contributed by atoms with Gasteiger partial charge in [0, 0.05) is 12.2 Å². The van der Waals surface area contributed by atoms with Gasteiger partial charge in [-0.05, 0) is 37.8 Å². The van der Waals surface area contributed by atoms with E-state index in [1.54, 1.807) is 0 Å². The first-order chi connectivity index (χ1) is 8.78. The lowest BCUT2D eigenvalue weighted by atomic mass is 10.1. The summed E-state index contributed by atoms with van der Waals surface area (Å²) in [7, 11) is 0. The molecule has 0 saturated heterocycles. The largest absolute Gasteiger partial charge is 0.311 e. The van der Waals surface area contributed by atoms with Gasteiger partial charge in [-0.15, -0.1) is 11.6 Å². The molecule has 1 saturated carbocycles. The first-order valence-electron chi connectivity index (χ1n) is 6.66. The highest BCUT2D eigenvalue weighted by Crippen LogP contribution is 2.28. The highest BCUT2D eigenvalue weighted by atomic mass is 35.5. The van der Waals surface area contributed by atoms with Crippen LogP contribution < -0.4 is 0 Å². The molecule has 0 bridgehead atoms. The van der Waals surface area contributed by atoms with Crippen molar-refractivity contribution >= 4 is 22.8 Å². The van der Waals surface area contributed by atoms with E-state index in [1.807, 2.05) is 19.1 Å². The van der Waals surface area contributed by atoms with Crippen LogP contribution in [-0.4, -0.2) is 14.5 Å². The van der Waals surface area contributed by atoms with Gasteiger partial charge in [0.2, 0.25) is 0 Å². The quantitative estimate of drug-likeness (QED) is 0.791. The molecule has 2 aromatic heterocycles. The number of imidazole rings is 1. The minimum Gasteiger partial charge on any atom is -0.311 e. The molecule has 0 N–H and O–H groups in total. The number of hydrogen-bond acceptors (Lipinski definition) is 2. The second-order valence-electron chi connectivity index (χ2n) is 5.22. The number of fused-ring (bicyclic) bond motifs is 1. The Bertz CT molecular complexity index is 555. The van der Waals surface area contributed by atoms with Crippen LogP contribution in [-0.2, 0) is 12.4 Å². The van der Waals surface area contributed by atoms with Gasteiger partial charge in [-0.2, -0.15) is 0 Å². The lowest BCUT2D eigenvalue weighted by molar-refractivity contribution is 0.456. The molecule has 0 aromatic carbocycles. The Morgan fingerprint density at radius 1 is 1.28 bits per heavy atom. The number of aryl methyl sites for hydroxylation is 1. The molecule has 0 spiro atoms. The van der Waals surface area contributed by atoms with Gasteiger partial charge in [0.05, 0.1) is 5.88 Å². The number of aromatic nitrogens is 3. The van der Waals surface area contributed by atoms with Gasteiger partial charge in [0.25, 0.3) is 0 Å². The van der Waals surface area contributed by atoms with Gasteiger partial charge in [0.15, 0.2) is 5.65 Å². The molecule has 0 atom stereocenters. The summed E-state index contributed by atoms with van der Waals surface area (Å²) < 4.78 is 2.23. The van der Waals surface area contributed by atoms with E-state index in [-0.39, 0.29) is 0 Å². The molecule has 96 valence electrons. The van der Waals surface area contributed by atoms with E-state index in [0.29, 0.717) is 5.88 Å². The molecular weight excluding hydrogens is 246 g/mol. The van der Waals surface area contributed by atoms with Crippen LogP contribution in [0.3, 0.4) is 0 Å². The lowest BCUT2D eigenvalue weighted by Gasteiger charge is -2.12. The molecule has 18 heavy (non-hydrogen) atoms. The van der Waals surface area contributed by atoms with Crippen LogP contribution in [0.15, 0.2) is 12.1 Å². The van der Waals surface area contributed by atoms with Gasteiger partial charge < -0.3 is 4.57 Å². The van der Waals surface area contributed by atoms with Crippen molar-refractivity contribution in [2.24, 2.45) is 5.92 Å². The molecule has 3 nitrogen and oxygen atoms in total. The van der Waals surface area contributed by atoms with E-state index in [4.69, 9.17) is 11.6 Å². The fourth-order valence-electron chi connectivity index (χ4n) is 2.89. The van der Waals surface area contributed by atoms with Crippen molar-refractivity contribution in [1.29, 1.82) is 0 Å². The predicted molar refractivity (Wildman–Crippen MR) is 73.8 cm³/mol. The maximum atomic E-state index is 6.02. The maximum absolute atomic E-state index is 6.02. The van der Waals surface area contributed by atoms with E-state index < -0.39 is 0 Å². The number of alkyl halides is 1. The number of rotatable bonds is 3. The van der Waals surface area contributed by atoms with E-state index in [1.165, 1.54) is 25.7 Å². The Morgan fingerprint density at radius 2 is 2.06 bits per heavy atom. The standard InChI is InChI=1S/C14H18ClN3/c1-10-6-7-12-14(16-10)18(13(8-15)17-12)9-11-4-2-3-5-11/h6-7,11H,2-5,8-9H2,1H3. The van der Waals surface area contributed by atoms with Crippen LogP contribution in [0.2, 0.25) is 0 Å². The Morgan fingerprint density at radius 3 is 2.78 bits per heavy atom. The predicted octanol–water partition coefficient (Wildman–Crippen LogP) is 3.67. The summed E-state index contributed by atoms with van der Waals surface area (Å²) in [5.41, 5.74) is 3.00. The summed E-state index contributed by atoms with van der Waals surface area (Å²) in [6.45, 7) is 3.04. The zero-order chi connectivity index (χ0) is 12.5. The molecular formula is C14H18ClN3. The van der Waals surface area contributed by atoms with E-state index >= 15 is 0 Å². The minimum absolute atomic E-state index is 0.460. The molecule has 0 unspecified atom stereocenters. The Balaban J connectivity index is 2.03. The molecule has 0 radical (unpaired) electrons. The average Bonchev–Trinajstić information content (AvgIpc) is 2.98. The maximum Gasteiger partial charge on any atom is 0.160 e. The second-order valence-corrected chi connectivity index (χ2v) is 5.49. The van der Waals surface area contributed by atoms with E-state index in [9.17, 15) is 0 Å². The summed E-state index contributed by atoms with van der Waals surface area (Å²) in [4.78, 5) is 9.21. The fraction of sp³-hybridized carbons (Fsp3) is 0.571. The zero-order valence-electron chi connectivity index (χ0n) is 10.7. The van der Waals surface area contributed by atoms with Crippen molar-refractivity contribution < 1.29 is 0 Å². The SMILES string of the molecule is Cc1ccc2nc(CCl)n(CC3CCCC3)c2n1. The number of nitrogens with zero attached hydrogens (tertiary/aromatic N) is 3. The van der Waals surface area contributed by atoms with Crippen LogP contribution in [0.1, 0.15) is 37.2 Å². The third-order valence-corrected chi connectivity index (χ3v) is 4.08. The monoisotopic (exact) mass is 263 g/mol. The van der Waals surface area contributed by atoms with Crippen molar-refractivity contribution in [2.75, 3.05) is 0 Å². The van der Waals surface area contributed by atoms with Crippen molar-refractivity contribution in [1.82, 2.24) is 14.5 Å². The molecule has 2 heterocycles. The van der Waals surface area contributed by atoms with Crippen molar-refractivity contribution in [2.45, 2.75) is 45.0 Å². The third kappa shape index (κ3) is 2.12. The number of hydrogen-bond donors (Lipinski definition) is 0. The molecule has 4 heteroatoms. The summed E-state index contributed by atoms with van der Waals surface area (Å²) in [5.74, 6) is 2.19. The van der Waals surface area contributed by atoms with Gasteiger partial charge in [-0.3, -0.25) is 0 Å². The molecule has 1 aliphatic carbocycles. The van der Waals surface area contributed by atoms with Crippen molar-refractivity contribution in [3.63, 3.8) is 0 Å². The molecule has 3 rings (SSSR count). The smallest absolute Gasteiger partial charge is 0.160 e. The van der Waals surface area contributed by atoms with Crippen LogP contribution in [0.5, 0.6) is 0 Å².